The first-order valence-electron chi connectivity index (χ1n) is 7.05. The van der Waals surface area contributed by atoms with Gasteiger partial charge in [0.1, 0.15) is 6.33 Å². The summed E-state index contributed by atoms with van der Waals surface area (Å²) < 4.78 is 2.75. The Morgan fingerprint density at radius 3 is 2.75 bits per heavy atom. The maximum Gasteiger partial charge on any atom is 0.345 e. The number of hydrogen-bond acceptors (Lipinski definition) is 4. The van der Waals surface area contributed by atoms with Gasteiger partial charge in [0, 0.05) is 32.6 Å². The van der Waals surface area contributed by atoms with Crippen molar-refractivity contribution < 1.29 is 4.79 Å². The summed E-state index contributed by atoms with van der Waals surface area (Å²) in [6.07, 6.45) is 2.78. The Kier molecular flexibility index (Phi) is 4.59. The molecule has 1 atom stereocenters. The molecule has 1 aliphatic rings. The van der Waals surface area contributed by atoms with Crippen LogP contribution in [0.15, 0.2) is 11.1 Å². The number of hydrogen-bond donors (Lipinski definition) is 0. The highest BCUT2D eigenvalue weighted by atomic mass is 16.2. The molecule has 1 amide bonds. The van der Waals surface area contributed by atoms with Crippen molar-refractivity contribution in [3.63, 3.8) is 0 Å². The monoisotopic (exact) mass is 281 g/mol. The molecule has 0 N–H and O–H groups in total. The van der Waals surface area contributed by atoms with E-state index in [2.05, 4.69) is 24.0 Å². The molecule has 1 fully saturated rings. The number of carbonyl (C=O) groups excluding carboxylic acids is 1. The molecule has 1 unspecified atom stereocenters. The number of carbonyl (C=O) groups is 1. The van der Waals surface area contributed by atoms with Crippen LogP contribution in [0.2, 0.25) is 0 Å². The molecule has 0 aromatic carbocycles. The largest absolute Gasteiger partial charge is 0.345 e. The van der Waals surface area contributed by atoms with Crippen molar-refractivity contribution in [2.24, 2.45) is 7.05 Å². The van der Waals surface area contributed by atoms with E-state index in [1.807, 2.05) is 4.90 Å². The molecule has 0 radical (unpaired) electrons. The second-order valence-corrected chi connectivity index (χ2v) is 5.53. The van der Waals surface area contributed by atoms with Gasteiger partial charge < -0.3 is 9.80 Å². The van der Waals surface area contributed by atoms with E-state index in [0.717, 1.165) is 26.1 Å². The minimum absolute atomic E-state index is 0.102. The summed E-state index contributed by atoms with van der Waals surface area (Å²) >= 11 is 0. The number of likely N-dealkylation sites (N-methyl/N-ethyl adjacent to an activating group) is 1. The van der Waals surface area contributed by atoms with Crippen LogP contribution in [0.1, 0.15) is 19.8 Å². The quantitative estimate of drug-likeness (QED) is 0.751. The van der Waals surface area contributed by atoms with E-state index in [1.54, 1.807) is 7.05 Å². The fourth-order valence-electron chi connectivity index (χ4n) is 2.46. The predicted molar refractivity (Wildman–Crippen MR) is 75.4 cm³/mol. The van der Waals surface area contributed by atoms with Crippen LogP contribution in [-0.4, -0.2) is 62.8 Å². The number of aromatic nitrogens is 3. The van der Waals surface area contributed by atoms with Crippen LogP contribution in [-0.2, 0) is 18.4 Å². The van der Waals surface area contributed by atoms with Crippen molar-refractivity contribution in [2.75, 3.05) is 26.7 Å². The van der Waals surface area contributed by atoms with Crippen LogP contribution in [0.25, 0.3) is 0 Å². The first-order chi connectivity index (χ1) is 9.49. The van der Waals surface area contributed by atoms with Crippen LogP contribution in [0, 0.1) is 0 Å². The van der Waals surface area contributed by atoms with Crippen LogP contribution >= 0.6 is 0 Å². The fourth-order valence-corrected chi connectivity index (χ4v) is 2.46. The van der Waals surface area contributed by atoms with Crippen molar-refractivity contribution >= 4 is 5.91 Å². The standard InChI is InChI=1S/C13H23N5O2/c1-11-4-6-15(2)8-9-17(11)12(19)5-7-18-13(20)16(3)10-14-18/h10-11H,4-9H2,1-3H3. The Hall–Kier alpha value is -1.63. The lowest BCUT2D eigenvalue weighted by atomic mass is 10.2. The van der Waals surface area contributed by atoms with Gasteiger partial charge in [-0.15, -0.1) is 0 Å². The molecule has 1 aromatic rings. The van der Waals surface area contributed by atoms with E-state index in [1.165, 1.54) is 15.6 Å². The Labute approximate surface area is 118 Å². The normalized spacial score (nSPS) is 20.9. The highest BCUT2D eigenvalue weighted by Gasteiger charge is 2.23. The van der Waals surface area contributed by atoms with Gasteiger partial charge in [-0.05, 0) is 26.9 Å². The van der Waals surface area contributed by atoms with Crippen LogP contribution in [0.5, 0.6) is 0 Å². The van der Waals surface area contributed by atoms with E-state index in [-0.39, 0.29) is 17.6 Å². The molecule has 112 valence electrons. The van der Waals surface area contributed by atoms with Gasteiger partial charge in [0.25, 0.3) is 0 Å². The van der Waals surface area contributed by atoms with E-state index in [9.17, 15) is 9.59 Å². The van der Waals surface area contributed by atoms with Crippen LogP contribution in [0.4, 0.5) is 0 Å². The summed E-state index contributed by atoms with van der Waals surface area (Å²) in [5.74, 6) is 0.102. The Bertz CT molecular complexity index is 521. The van der Waals surface area contributed by atoms with Crippen molar-refractivity contribution in [3.8, 4) is 0 Å². The molecule has 0 saturated carbocycles. The van der Waals surface area contributed by atoms with E-state index < -0.39 is 0 Å². The molecule has 7 nitrogen and oxygen atoms in total. The Morgan fingerprint density at radius 2 is 2.10 bits per heavy atom. The SMILES string of the molecule is CC1CCN(C)CCN1C(=O)CCn1ncn(C)c1=O. The summed E-state index contributed by atoms with van der Waals surface area (Å²) in [7, 11) is 3.73. The summed E-state index contributed by atoms with van der Waals surface area (Å²) in [6, 6.07) is 0.257. The van der Waals surface area contributed by atoms with Crippen LogP contribution in [0.3, 0.4) is 0 Å². The zero-order chi connectivity index (χ0) is 14.7. The van der Waals surface area contributed by atoms with Crippen LogP contribution < -0.4 is 5.69 Å². The molecule has 0 bridgehead atoms. The zero-order valence-corrected chi connectivity index (χ0v) is 12.4. The molecule has 20 heavy (non-hydrogen) atoms. The molecule has 2 heterocycles. The van der Waals surface area contributed by atoms with Gasteiger partial charge >= 0.3 is 5.69 Å². The first kappa shape index (κ1) is 14.8. The molecule has 2 rings (SSSR count). The van der Waals surface area contributed by atoms with Gasteiger partial charge in [-0.1, -0.05) is 0 Å². The summed E-state index contributed by atoms with van der Waals surface area (Å²) in [4.78, 5) is 28.1. The Balaban J connectivity index is 1.94. The molecule has 1 aliphatic heterocycles. The smallest absolute Gasteiger partial charge is 0.339 e. The van der Waals surface area contributed by atoms with Gasteiger partial charge in [-0.3, -0.25) is 9.36 Å². The van der Waals surface area contributed by atoms with Gasteiger partial charge in [0.2, 0.25) is 5.91 Å². The van der Waals surface area contributed by atoms with E-state index in [0.29, 0.717) is 13.0 Å². The lowest BCUT2D eigenvalue weighted by Crippen LogP contribution is -2.40. The lowest BCUT2D eigenvalue weighted by molar-refractivity contribution is -0.133. The lowest BCUT2D eigenvalue weighted by Gasteiger charge is -2.26. The summed E-state index contributed by atoms with van der Waals surface area (Å²) in [6.45, 7) is 5.11. The van der Waals surface area contributed by atoms with Crippen molar-refractivity contribution in [1.82, 2.24) is 24.1 Å². The maximum atomic E-state index is 12.3. The predicted octanol–water partition coefficient (Wildman–Crippen LogP) is -0.475. The van der Waals surface area contributed by atoms with Gasteiger partial charge in [-0.25, -0.2) is 9.48 Å². The first-order valence-corrected chi connectivity index (χ1v) is 7.05. The molecule has 0 aliphatic carbocycles. The Morgan fingerprint density at radius 1 is 1.35 bits per heavy atom. The number of amides is 1. The van der Waals surface area contributed by atoms with Gasteiger partial charge in [0.05, 0.1) is 6.54 Å². The van der Waals surface area contributed by atoms with Gasteiger partial charge in [-0.2, -0.15) is 5.10 Å². The second kappa shape index (κ2) is 6.21. The number of rotatable bonds is 3. The molecule has 1 saturated heterocycles. The average molecular weight is 281 g/mol. The van der Waals surface area contributed by atoms with Crippen molar-refractivity contribution in [2.45, 2.75) is 32.4 Å². The minimum Gasteiger partial charge on any atom is -0.339 e. The molecule has 1 aromatic heterocycles. The van der Waals surface area contributed by atoms with E-state index >= 15 is 0 Å². The zero-order valence-electron chi connectivity index (χ0n) is 12.4. The average Bonchev–Trinajstić information content (AvgIpc) is 2.63. The number of nitrogens with zero attached hydrogens (tertiary/aromatic N) is 5. The van der Waals surface area contributed by atoms with Crippen molar-refractivity contribution in [3.05, 3.63) is 16.8 Å². The number of aryl methyl sites for hydroxylation is 2. The fraction of sp³-hybridized carbons (Fsp3) is 0.769. The van der Waals surface area contributed by atoms with Gasteiger partial charge in [0.15, 0.2) is 0 Å². The summed E-state index contributed by atoms with van der Waals surface area (Å²) in [5.41, 5.74) is -0.179. The molecular formula is C13H23N5O2. The topological polar surface area (TPSA) is 63.4 Å². The second-order valence-electron chi connectivity index (χ2n) is 5.53. The maximum absolute atomic E-state index is 12.3. The molecular weight excluding hydrogens is 258 g/mol. The van der Waals surface area contributed by atoms with E-state index in [4.69, 9.17) is 0 Å². The third-order valence-corrected chi connectivity index (χ3v) is 3.93. The summed E-state index contributed by atoms with van der Waals surface area (Å²) in [5, 5.41) is 3.97. The highest BCUT2D eigenvalue weighted by molar-refractivity contribution is 5.76. The minimum atomic E-state index is -0.179. The third-order valence-electron chi connectivity index (χ3n) is 3.93. The third kappa shape index (κ3) is 3.27. The highest BCUT2D eigenvalue weighted by Crippen LogP contribution is 2.11. The van der Waals surface area contributed by atoms with Crippen molar-refractivity contribution in [1.29, 1.82) is 0 Å². The molecule has 7 heteroatoms. The molecule has 0 spiro atoms.